The Morgan fingerprint density at radius 2 is 1.75 bits per heavy atom. The SMILES string of the molecule is COc1ccccc1[C@H]1N=C(c2cccc(Br)c2)C[C@H](c2ccccc2O)N1. The van der Waals surface area contributed by atoms with Gasteiger partial charge in [-0.05, 0) is 29.8 Å². The van der Waals surface area contributed by atoms with E-state index in [1.165, 1.54) is 0 Å². The quantitative estimate of drug-likeness (QED) is 0.576. The Morgan fingerprint density at radius 3 is 2.50 bits per heavy atom. The third-order valence-electron chi connectivity index (χ3n) is 4.94. The number of aliphatic imine (C=N–C) groups is 1. The van der Waals surface area contributed by atoms with Crippen LogP contribution in [0.3, 0.4) is 0 Å². The van der Waals surface area contributed by atoms with Gasteiger partial charge in [-0.15, -0.1) is 0 Å². The van der Waals surface area contributed by atoms with Crippen LogP contribution < -0.4 is 10.1 Å². The van der Waals surface area contributed by atoms with E-state index >= 15 is 0 Å². The van der Waals surface area contributed by atoms with Gasteiger partial charge >= 0.3 is 0 Å². The van der Waals surface area contributed by atoms with Crippen molar-refractivity contribution in [1.82, 2.24) is 5.32 Å². The van der Waals surface area contributed by atoms with E-state index in [0.29, 0.717) is 6.42 Å². The monoisotopic (exact) mass is 436 g/mol. The fraction of sp³-hybridized carbons (Fsp3) is 0.174. The highest BCUT2D eigenvalue weighted by atomic mass is 79.9. The molecule has 28 heavy (non-hydrogen) atoms. The molecule has 0 unspecified atom stereocenters. The van der Waals surface area contributed by atoms with Gasteiger partial charge < -0.3 is 9.84 Å². The normalized spacial score (nSPS) is 19.1. The zero-order valence-electron chi connectivity index (χ0n) is 15.5. The second kappa shape index (κ2) is 8.17. The number of phenolic OH excluding ortho intramolecular Hbond substituents is 1. The standard InChI is InChI=1S/C23H21BrN2O2/c1-28-22-12-5-3-10-18(22)23-25-19(15-7-6-8-16(24)13-15)14-20(26-23)17-9-2-4-11-21(17)27/h2-13,20,23,26-27H,14H2,1H3/t20-,23+/m1/s1. The lowest BCUT2D eigenvalue weighted by atomic mass is 9.93. The molecule has 2 N–H and O–H groups in total. The van der Waals surface area contributed by atoms with Gasteiger partial charge in [0.05, 0.1) is 7.11 Å². The summed E-state index contributed by atoms with van der Waals surface area (Å²) in [4.78, 5) is 5.00. The van der Waals surface area contributed by atoms with Crippen LogP contribution in [0, 0.1) is 0 Å². The molecule has 0 aliphatic carbocycles. The molecule has 0 fully saturated rings. The number of phenols is 1. The number of nitrogens with one attached hydrogen (secondary N) is 1. The third kappa shape index (κ3) is 3.81. The molecular formula is C23H21BrN2O2. The van der Waals surface area contributed by atoms with Gasteiger partial charge in [0.15, 0.2) is 0 Å². The van der Waals surface area contributed by atoms with Gasteiger partial charge in [0, 0.05) is 33.8 Å². The molecular weight excluding hydrogens is 416 g/mol. The van der Waals surface area contributed by atoms with E-state index in [-0.39, 0.29) is 18.0 Å². The highest BCUT2D eigenvalue weighted by Gasteiger charge is 2.28. The predicted octanol–water partition coefficient (Wildman–Crippen LogP) is 5.39. The zero-order valence-corrected chi connectivity index (χ0v) is 17.1. The molecule has 1 aliphatic rings. The van der Waals surface area contributed by atoms with Gasteiger partial charge in [0.25, 0.3) is 0 Å². The second-order valence-electron chi connectivity index (χ2n) is 6.71. The van der Waals surface area contributed by atoms with Gasteiger partial charge in [-0.1, -0.05) is 64.5 Å². The molecule has 2 atom stereocenters. The Morgan fingerprint density at radius 1 is 1.00 bits per heavy atom. The fourth-order valence-corrected chi connectivity index (χ4v) is 3.98. The van der Waals surface area contributed by atoms with E-state index in [1.54, 1.807) is 13.2 Å². The maximum Gasteiger partial charge on any atom is 0.129 e. The minimum Gasteiger partial charge on any atom is -0.508 e. The Bertz CT molecular complexity index is 1020. The average Bonchev–Trinajstić information content (AvgIpc) is 2.73. The molecule has 0 spiro atoms. The number of methoxy groups -OCH3 is 1. The van der Waals surface area contributed by atoms with Crippen molar-refractivity contribution in [2.24, 2.45) is 4.99 Å². The van der Waals surface area contributed by atoms with Crippen molar-refractivity contribution in [2.45, 2.75) is 18.6 Å². The van der Waals surface area contributed by atoms with E-state index < -0.39 is 0 Å². The fourth-order valence-electron chi connectivity index (χ4n) is 3.58. The van der Waals surface area contributed by atoms with E-state index in [1.807, 2.05) is 54.6 Å². The summed E-state index contributed by atoms with van der Waals surface area (Å²) in [6.07, 6.45) is 0.406. The van der Waals surface area contributed by atoms with Crippen LogP contribution in [0.1, 0.15) is 35.3 Å². The molecule has 142 valence electrons. The third-order valence-corrected chi connectivity index (χ3v) is 5.44. The molecule has 4 rings (SSSR count). The van der Waals surface area contributed by atoms with Crippen LogP contribution in [0.4, 0.5) is 0 Å². The van der Waals surface area contributed by atoms with Crippen LogP contribution in [0.15, 0.2) is 82.3 Å². The van der Waals surface area contributed by atoms with Crippen molar-refractivity contribution in [1.29, 1.82) is 0 Å². The zero-order chi connectivity index (χ0) is 19.5. The Hall–Kier alpha value is -2.63. The molecule has 5 heteroatoms. The van der Waals surface area contributed by atoms with Gasteiger partial charge in [0.2, 0.25) is 0 Å². The van der Waals surface area contributed by atoms with E-state index in [2.05, 4.69) is 33.4 Å². The van der Waals surface area contributed by atoms with Gasteiger partial charge in [-0.3, -0.25) is 10.3 Å². The van der Waals surface area contributed by atoms with Crippen molar-refractivity contribution < 1.29 is 9.84 Å². The summed E-state index contributed by atoms with van der Waals surface area (Å²) in [7, 11) is 1.67. The lowest BCUT2D eigenvalue weighted by Crippen LogP contribution is -2.33. The van der Waals surface area contributed by atoms with Crippen LogP contribution in [0.5, 0.6) is 11.5 Å². The molecule has 0 aromatic heterocycles. The van der Waals surface area contributed by atoms with Crippen LogP contribution in [-0.4, -0.2) is 17.9 Å². The summed E-state index contributed by atoms with van der Waals surface area (Å²) < 4.78 is 6.57. The second-order valence-corrected chi connectivity index (χ2v) is 7.63. The first-order chi connectivity index (χ1) is 13.7. The maximum absolute atomic E-state index is 10.4. The average molecular weight is 437 g/mol. The Kier molecular flexibility index (Phi) is 5.46. The summed E-state index contributed by atoms with van der Waals surface area (Å²) >= 11 is 3.55. The maximum atomic E-state index is 10.4. The van der Waals surface area contributed by atoms with Crippen molar-refractivity contribution in [3.8, 4) is 11.5 Å². The molecule has 4 nitrogen and oxygen atoms in total. The number of hydrogen-bond donors (Lipinski definition) is 2. The van der Waals surface area contributed by atoms with Crippen molar-refractivity contribution >= 4 is 21.6 Å². The van der Waals surface area contributed by atoms with Crippen molar-refractivity contribution in [2.75, 3.05) is 7.11 Å². The highest BCUT2D eigenvalue weighted by molar-refractivity contribution is 9.10. The molecule has 0 radical (unpaired) electrons. The van der Waals surface area contributed by atoms with E-state index in [0.717, 1.165) is 32.6 Å². The summed E-state index contributed by atoms with van der Waals surface area (Å²) in [6, 6.07) is 23.4. The van der Waals surface area contributed by atoms with Gasteiger partial charge in [0.1, 0.15) is 17.7 Å². The first kappa shape index (κ1) is 18.7. The first-order valence-corrected chi connectivity index (χ1v) is 9.94. The minimum atomic E-state index is -0.275. The topological polar surface area (TPSA) is 53.9 Å². The van der Waals surface area contributed by atoms with Crippen LogP contribution >= 0.6 is 15.9 Å². The number of aromatic hydroxyl groups is 1. The van der Waals surface area contributed by atoms with Crippen LogP contribution in [-0.2, 0) is 0 Å². The van der Waals surface area contributed by atoms with Crippen LogP contribution in [0.2, 0.25) is 0 Å². The number of benzene rings is 3. The van der Waals surface area contributed by atoms with Gasteiger partial charge in [-0.2, -0.15) is 0 Å². The van der Waals surface area contributed by atoms with Crippen molar-refractivity contribution in [3.63, 3.8) is 0 Å². The minimum absolute atomic E-state index is 0.0670. The van der Waals surface area contributed by atoms with E-state index in [9.17, 15) is 5.11 Å². The molecule has 1 heterocycles. The number of hydrogen-bond acceptors (Lipinski definition) is 4. The first-order valence-electron chi connectivity index (χ1n) is 9.15. The largest absolute Gasteiger partial charge is 0.508 e. The highest BCUT2D eigenvalue weighted by Crippen LogP contribution is 2.36. The molecule has 0 saturated carbocycles. The summed E-state index contributed by atoms with van der Waals surface area (Å²) in [6.45, 7) is 0. The lowest BCUT2D eigenvalue weighted by molar-refractivity contribution is 0.381. The summed E-state index contributed by atoms with van der Waals surface area (Å²) in [5, 5.41) is 14.0. The Balaban J connectivity index is 1.80. The molecule has 3 aromatic carbocycles. The number of nitrogens with zero attached hydrogens (tertiary/aromatic N) is 1. The summed E-state index contributed by atoms with van der Waals surface area (Å²) in [5.74, 6) is 1.07. The predicted molar refractivity (Wildman–Crippen MR) is 115 cm³/mol. The van der Waals surface area contributed by atoms with Crippen LogP contribution in [0.25, 0.3) is 0 Å². The Labute approximate surface area is 173 Å². The number of halogens is 1. The van der Waals surface area contributed by atoms with E-state index in [4.69, 9.17) is 9.73 Å². The summed E-state index contributed by atoms with van der Waals surface area (Å²) in [5.41, 5.74) is 3.89. The van der Waals surface area contributed by atoms with Crippen molar-refractivity contribution in [3.05, 3.63) is 94.0 Å². The van der Waals surface area contributed by atoms with Gasteiger partial charge in [-0.25, -0.2) is 0 Å². The molecule has 1 aliphatic heterocycles. The molecule has 3 aromatic rings. The lowest BCUT2D eigenvalue weighted by Gasteiger charge is -2.31. The molecule has 0 bridgehead atoms. The number of rotatable bonds is 4. The smallest absolute Gasteiger partial charge is 0.129 e. The molecule has 0 saturated heterocycles. The number of para-hydroxylation sites is 2. The number of ether oxygens (including phenoxy) is 1. The molecule has 0 amide bonds.